The van der Waals surface area contributed by atoms with Crippen LogP contribution in [0.25, 0.3) is 0 Å². The predicted molar refractivity (Wildman–Crippen MR) is 114 cm³/mol. The number of aliphatic hydroxyl groups is 1. The number of nitrogens with one attached hydrogen (secondary N) is 1. The lowest BCUT2D eigenvalue weighted by Gasteiger charge is -2.34. The molecule has 0 aliphatic rings. The van der Waals surface area contributed by atoms with E-state index in [1.54, 1.807) is 0 Å². The van der Waals surface area contributed by atoms with Crippen LogP contribution in [0.15, 0.2) is 67.9 Å². The van der Waals surface area contributed by atoms with Crippen molar-refractivity contribution in [2.75, 3.05) is 13.2 Å². The van der Waals surface area contributed by atoms with Gasteiger partial charge in [0.1, 0.15) is 18.7 Å². The number of hydrogen-bond donors (Lipinski definition) is 2. The predicted octanol–water partition coefficient (Wildman–Crippen LogP) is 3.34. The van der Waals surface area contributed by atoms with Crippen molar-refractivity contribution < 1.29 is 10.0 Å². The Morgan fingerprint density at radius 1 is 1.07 bits per heavy atom. The lowest BCUT2D eigenvalue weighted by atomic mass is 9.87. The van der Waals surface area contributed by atoms with Gasteiger partial charge in [-0.25, -0.2) is 0 Å². The lowest BCUT2D eigenvalue weighted by Crippen LogP contribution is -3.19. The zero-order chi connectivity index (χ0) is 20.1. The van der Waals surface area contributed by atoms with Gasteiger partial charge < -0.3 is 14.6 Å². The summed E-state index contributed by atoms with van der Waals surface area (Å²) in [6.07, 6.45) is 5.89. The number of benzene rings is 1. The van der Waals surface area contributed by atoms with Gasteiger partial charge in [-0.3, -0.25) is 0 Å². The Bertz CT molecular complexity index is 751. The molecule has 1 aromatic heterocycles. The average molecular weight is 368 g/mol. The molecule has 146 valence electrons. The van der Waals surface area contributed by atoms with Crippen molar-refractivity contribution in [3.63, 3.8) is 0 Å². The summed E-state index contributed by atoms with van der Waals surface area (Å²) in [7, 11) is 0. The molecule has 1 heterocycles. The van der Waals surface area contributed by atoms with Gasteiger partial charge in [-0.15, -0.1) is 0 Å². The molecule has 0 aliphatic carbocycles. The molecule has 0 saturated heterocycles. The number of aliphatic hydroxyl groups excluding tert-OH is 1. The van der Waals surface area contributed by atoms with Crippen molar-refractivity contribution in [2.24, 2.45) is 0 Å². The van der Waals surface area contributed by atoms with Crippen LogP contribution in [0, 0.1) is 0 Å². The second kappa shape index (κ2) is 8.73. The molecular weight excluding hydrogens is 332 g/mol. The second-order valence-corrected chi connectivity index (χ2v) is 8.63. The minimum Gasteiger partial charge on any atom is -0.390 e. The van der Waals surface area contributed by atoms with Gasteiger partial charge in [0, 0.05) is 12.7 Å². The Hall–Kier alpha value is -2.10. The van der Waals surface area contributed by atoms with E-state index >= 15 is 0 Å². The van der Waals surface area contributed by atoms with Crippen molar-refractivity contribution in [1.82, 2.24) is 4.57 Å². The first kappa shape index (κ1) is 21.2. The SMILES string of the molecule is C=CC[NH+](Cc1cccn1Cc1ccc(C(C)(C)C)cc1)[C@@](C)(C=C)CO. The van der Waals surface area contributed by atoms with Gasteiger partial charge >= 0.3 is 0 Å². The molecule has 0 radical (unpaired) electrons. The summed E-state index contributed by atoms with van der Waals surface area (Å²) in [6.45, 7) is 19.1. The molecule has 27 heavy (non-hydrogen) atoms. The number of quaternary nitrogens is 1. The van der Waals surface area contributed by atoms with Crippen LogP contribution in [0.1, 0.15) is 44.5 Å². The Balaban J connectivity index is 2.19. The van der Waals surface area contributed by atoms with Gasteiger partial charge in [0.25, 0.3) is 0 Å². The van der Waals surface area contributed by atoms with E-state index in [1.165, 1.54) is 21.7 Å². The summed E-state index contributed by atoms with van der Waals surface area (Å²) in [5.74, 6) is 0. The standard InChI is InChI=1S/C24H34N2O/c1-7-15-26(24(6,8-2)19-27)18-22-10-9-16-25(22)17-20-11-13-21(14-12-20)23(3,4)5/h7-14,16,27H,1-2,15,17-19H2,3-6H3/p+1/t24-/m0/s1. The fraction of sp³-hybridized carbons (Fsp3) is 0.417. The quantitative estimate of drug-likeness (QED) is 0.654. The first-order valence-corrected chi connectivity index (χ1v) is 9.67. The molecule has 0 spiro atoms. The number of rotatable bonds is 9. The maximum atomic E-state index is 9.87. The van der Waals surface area contributed by atoms with Crippen molar-refractivity contribution in [3.8, 4) is 0 Å². The number of aromatic nitrogens is 1. The summed E-state index contributed by atoms with van der Waals surface area (Å²) in [4.78, 5) is 1.23. The summed E-state index contributed by atoms with van der Waals surface area (Å²) in [5, 5.41) is 9.87. The van der Waals surface area contributed by atoms with Crippen LogP contribution in [0.4, 0.5) is 0 Å². The molecule has 0 bridgehead atoms. The van der Waals surface area contributed by atoms with Crippen LogP contribution in [-0.4, -0.2) is 28.4 Å². The molecule has 2 atom stereocenters. The molecule has 0 saturated carbocycles. The van der Waals surface area contributed by atoms with Crippen LogP contribution in [0.5, 0.6) is 0 Å². The molecule has 0 amide bonds. The highest BCUT2D eigenvalue weighted by Gasteiger charge is 2.32. The van der Waals surface area contributed by atoms with E-state index in [0.29, 0.717) is 0 Å². The molecule has 1 unspecified atom stereocenters. The number of nitrogens with zero attached hydrogens (tertiary/aromatic N) is 1. The Morgan fingerprint density at radius 2 is 1.74 bits per heavy atom. The Labute approximate surface area is 164 Å². The van der Waals surface area contributed by atoms with Crippen LogP contribution < -0.4 is 4.90 Å². The van der Waals surface area contributed by atoms with Crippen LogP contribution in [0.3, 0.4) is 0 Å². The zero-order valence-corrected chi connectivity index (χ0v) is 17.3. The van der Waals surface area contributed by atoms with Crippen LogP contribution >= 0.6 is 0 Å². The Morgan fingerprint density at radius 3 is 2.26 bits per heavy atom. The minimum atomic E-state index is -0.391. The Kier molecular flexibility index (Phi) is 6.85. The van der Waals surface area contributed by atoms with Crippen molar-refractivity contribution in [3.05, 3.63) is 84.7 Å². The van der Waals surface area contributed by atoms with Gasteiger partial charge in [0.2, 0.25) is 0 Å². The van der Waals surface area contributed by atoms with E-state index in [2.05, 4.69) is 81.1 Å². The molecule has 1 aromatic carbocycles. The van der Waals surface area contributed by atoms with E-state index in [-0.39, 0.29) is 12.0 Å². The molecule has 3 heteroatoms. The van der Waals surface area contributed by atoms with Crippen LogP contribution in [0.2, 0.25) is 0 Å². The highest BCUT2D eigenvalue weighted by molar-refractivity contribution is 5.28. The normalized spacial score (nSPS) is 15.1. The molecular formula is C24H35N2O+. The summed E-state index contributed by atoms with van der Waals surface area (Å²) in [6, 6.07) is 13.2. The first-order valence-electron chi connectivity index (χ1n) is 9.67. The summed E-state index contributed by atoms with van der Waals surface area (Å²) < 4.78 is 2.29. The van der Waals surface area contributed by atoms with E-state index in [1.807, 2.05) is 19.1 Å². The smallest absolute Gasteiger partial charge is 0.137 e. The average Bonchev–Trinajstić information content (AvgIpc) is 3.07. The molecule has 2 rings (SSSR count). The van der Waals surface area contributed by atoms with Gasteiger partial charge in [-0.1, -0.05) is 58.2 Å². The second-order valence-electron chi connectivity index (χ2n) is 8.63. The largest absolute Gasteiger partial charge is 0.390 e. The van der Waals surface area contributed by atoms with Gasteiger partial charge in [-0.2, -0.15) is 0 Å². The monoisotopic (exact) mass is 367 g/mol. The first-order chi connectivity index (χ1) is 12.7. The lowest BCUT2D eigenvalue weighted by molar-refractivity contribution is -0.951. The molecule has 0 fully saturated rings. The summed E-state index contributed by atoms with van der Waals surface area (Å²) >= 11 is 0. The topological polar surface area (TPSA) is 29.6 Å². The molecule has 3 nitrogen and oxygen atoms in total. The zero-order valence-electron chi connectivity index (χ0n) is 17.3. The third-order valence-corrected chi connectivity index (χ3v) is 5.47. The van der Waals surface area contributed by atoms with Gasteiger partial charge in [-0.05, 0) is 47.8 Å². The van der Waals surface area contributed by atoms with Crippen molar-refractivity contribution in [1.29, 1.82) is 0 Å². The maximum Gasteiger partial charge on any atom is 0.137 e. The van der Waals surface area contributed by atoms with E-state index < -0.39 is 5.54 Å². The van der Waals surface area contributed by atoms with Crippen molar-refractivity contribution >= 4 is 0 Å². The van der Waals surface area contributed by atoms with Gasteiger partial charge in [0.15, 0.2) is 0 Å². The summed E-state index contributed by atoms with van der Waals surface area (Å²) in [5.41, 5.74) is 3.67. The minimum absolute atomic E-state index is 0.0641. The van der Waals surface area contributed by atoms with Crippen LogP contribution in [-0.2, 0) is 18.5 Å². The van der Waals surface area contributed by atoms with E-state index in [0.717, 1.165) is 19.6 Å². The maximum absolute atomic E-state index is 9.87. The molecule has 2 N–H and O–H groups in total. The van der Waals surface area contributed by atoms with Crippen molar-refractivity contribution in [2.45, 2.75) is 51.7 Å². The number of hydrogen-bond acceptors (Lipinski definition) is 1. The van der Waals surface area contributed by atoms with Gasteiger partial charge in [0.05, 0.1) is 12.2 Å². The highest BCUT2D eigenvalue weighted by Crippen LogP contribution is 2.22. The fourth-order valence-corrected chi connectivity index (χ4v) is 3.29. The van der Waals surface area contributed by atoms with E-state index in [9.17, 15) is 5.11 Å². The molecule has 0 aliphatic heterocycles. The molecule has 2 aromatic rings. The third-order valence-electron chi connectivity index (χ3n) is 5.47. The third kappa shape index (κ3) is 5.21. The van der Waals surface area contributed by atoms with E-state index in [4.69, 9.17) is 0 Å². The fourth-order valence-electron chi connectivity index (χ4n) is 3.29. The highest BCUT2D eigenvalue weighted by atomic mass is 16.3.